The Bertz CT molecular complexity index is 557. The molecule has 4 heterocycles. The van der Waals surface area contributed by atoms with E-state index in [1.54, 1.807) is 6.20 Å². The summed E-state index contributed by atoms with van der Waals surface area (Å²) < 4.78 is 2.00. The first kappa shape index (κ1) is 13.8. The fourth-order valence-corrected chi connectivity index (χ4v) is 3.49. The van der Waals surface area contributed by atoms with Gasteiger partial charge >= 0.3 is 0 Å². The topological polar surface area (TPSA) is 45.5 Å². The van der Waals surface area contributed by atoms with Gasteiger partial charge in [-0.05, 0) is 37.4 Å². The van der Waals surface area contributed by atoms with Gasteiger partial charge in [0.1, 0.15) is 0 Å². The summed E-state index contributed by atoms with van der Waals surface area (Å²) in [7, 11) is 0. The van der Waals surface area contributed by atoms with Crippen LogP contribution < -0.4 is 5.32 Å². The van der Waals surface area contributed by atoms with Crippen LogP contribution in [0.5, 0.6) is 0 Å². The van der Waals surface area contributed by atoms with Crippen LogP contribution in [-0.2, 0) is 6.54 Å². The molecule has 108 valence electrons. The van der Waals surface area contributed by atoms with Crippen molar-refractivity contribution in [2.45, 2.75) is 19.4 Å². The molecule has 2 aliphatic rings. The highest BCUT2D eigenvalue weighted by molar-refractivity contribution is 5.85. The number of fused-ring (bicyclic) bond motifs is 1. The molecule has 1 atom stereocenters. The van der Waals surface area contributed by atoms with Crippen LogP contribution in [0.15, 0.2) is 24.7 Å². The van der Waals surface area contributed by atoms with Crippen LogP contribution in [0.25, 0.3) is 5.78 Å². The summed E-state index contributed by atoms with van der Waals surface area (Å²) in [6.07, 6.45) is 8.55. The minimum Gasteiger partial charge on any atom is -0.316 e. The molecule has 0 saturated carbocycles. The van der Waals surface area contributed by atoms with E-state index in [1.165, 1.54) is 39.0 Å². The molecule has 2 aromatic heterocycles. The predicted octanol–water partition coefficient (Wildman–Crippen LogP) is 1.34. The zero-order valence-electron chi connectivity index (χ0n) is 11.5. The number of aromatic nitrogens is 3. The highest BCUT2D eigenvalue weighted by Gasteiger charge is 2.40. The monoisotopic (exact) mass is 293 g/mol. The van der Waals surface area contributed by atoms with Crippen molar-refractivity contribution in [3.05, 3.63) is 30.4 Å². The average Bonchev–Trinajstić information content (AvgIpc) is 3.11. The summed E-state index contributed by atoms with van der Waals surface area (Å²) in [6, 6.07) is 1.94. The molecule has 0 bridgehead atoms. The molecule has 1 N–H and O–H groups in total. The largest absolute Gasteiger partial charge is 0.316 e. The third-order valence-electron chi connectivity index (χ3n) is 4.52. The first-order chi connectivity index (χ1) is 9.33. The smallest absolute Gasteiger partial charge is 0.233 e. The Morgan fingerprint density at radius 2 is 2.30 bits per heavy atom. The van der Waals surface area contributed by atoms with Crippen molar-refractivity contribution in [3.8, 4) is 0 Å². The maximum atomic E-state index is 4.59. The second kappa shape index (κ2) is 5.31. The number of hydrogen-bond donors (Lipinski definition) is 1. The van der Waals surface area contributed by atoms with Crippen LogP contribution in [0.4, 0.5) is 0 Å². The van der Waals surface area contributed by atoms with Gasteiger partial charge < -0.3 is 5.32 Å². The number of halogens is 1. The average molecular weight is 294 g/mol. The molecule has 0 amide bonds. The van der Waals surface area contributed by atoms with Crippen molar-refractivity contribution >= 4 is 18.2 Å². The van der Waals surface area contributed by atoms with E-state index in [9.17, 15) is 0 Å². The third-order valence-corrected chi connectivity index (χ3v) is 4.52. The summed E-state index contributed by atoms with van der Waals surface area (Å²) in [5, 5.41) is 3.50. The van der Waals surface area contributed by atoms with Crippen molar-refractivity contribution in [1.82, 2.24) is 24.6 Å². The van der Waals surface area contributed by atoms with Gasteiger partial charge in [0.2, 0.25) is 5.78 Å². The van der Waals surface area contributed by atoms with Gasteiger partial charge in [-0.3, -0.25) is 9.30 Å². The number of imidazole rings is 1. The van der Waals surface area contributed by atoms with E-state index >= 15 is 0 Å². The quantitative estimate of drug-likeness (QED) is 0.907. The van der Waals surface area contributed by atoms with Crippen molar-refractivity contribution < 1.29 is 0 Å². The number of nitrogens with zero attached hydrogens (tertiary/aromatic N) is 4. The van der Waals surface area contributed by atoms with Crippen molar-refractivity contribution in [3.63, 3.8) is 0 Å². The van der Waals surface area contributed by atoms with Gasteiger partial charge in [-0.2, -0.15) is 0 Å². The predicted molar refractivity (Wildman–Crippen MR) is 80.0 cm³/mol. The summed E-state index contributed by atoms with van der Waals surface area (Å²) in [5.74, 6) is 0.800. The fourth-order valence-electron chi connectivity index (χ4n) is 3.49. The van der Waals surface area contributed by atoms with Gasteiger partial charge in [0.25, 0.3) is 0 Å². The van der Waals surface area contributed by atoms with E-state index in [4.69, 9.17) is 0 Å². The fraction of sp³-hybridized carbons (Fsp3) is 0.571. The Labute approximate surface area is 124 Å². The van der Waals surface area contributed by atoms with Gasteiger partial charge in [0.05, 0.1) is 5.69 Å². The third kappa shape index (κ3) is 2.41. The van der Waals surface area contributed by atoms with Crippen LogP contribution >= 0.6 is 12.4 Å². The van der Waals surface area contributed by atoms with Crippen LogP contribution in [0.3, 0.4) is 0 Å². The molecule has 2 aromatic rings. The molecule has 2 fully saturated rings. The molecule has 1 unspecified atom stereocenters. The Balaban J connectivity index is 0.00000121. The van der Waals surface area contributed by atoms with Gasteiger partial charge in [0.15, 0.2) is 0 Å². The summed E-state index contributed by atoms with van der Waals surface area (Å²) in [6.45, 7) is 5.73. The minimum atomic E-state index is 0. The minimum absolute atomic E-state index is 0. The van der Waals surface area contributed by atoms with Gasteiger partial charge in [-0.15, -0.1) is 12.4 Å². The van der Waals surface area contributed by atoms with E-state index < -0.39 is 0 Å². The molecule has 20 heavy (non-hydrogen) atoms. The first-order valence-electron chi connectivity index (χ1n) is 7.05. The standard InChI is InChI=1S/C14H19N5.ClH/c1-4-16-13-17-12(9-19(13)6-1)8-18-7-3-14(11-18)2-5-15-10-14;/h1,4,6,9,15H,2-3,5,7-8,10-11H2;1H. The lowest BCUT2D eigenvalue weighted by Crippen LogP contribution is -2.29. The number of likely N-dealkylation sites (tertiary alicyclic amines) is 1. The van der Waals surface area contributed by atoms with E-state index in [0.717, 1.165) is 18.0 Å². The molecule has 5 nitrogen and oxygen atoms in total. The van der Waals surface area contributed by atoms with Crippen molar-refractivity contribution in [2.24, 2.45) is 5.41 Å². The van der Waals surface area contributed by atoms with E-state index in [1.807, 2.05) is 16.7 Å². The first-order valence-corrected chi connectivity index (χ1v) is 7.05. The molecule has 0 aliphatic carbocycles. The molecular formula is C14H20ClN5. The van der Waals surface area contributed by atoms with E-state index in [2.05, 4.69) is 26.4 Å². The molecule has 0 aromatic carbocycles. The van der Waals surface area contributed by atoms with Gasteiger partial charge in [-0.25, -0.2) is 9.97 Å². The Kier molecular flexibility index (Phi) is 3.67. The van der Waals surface area contributed by atoms with Gasteiger partial charge in [-0.1, -0.05) is 0 Å². The molecule has 4 rings (SSSR count). The Morgan fingerprint density at radius 3 is 3.10 bits per heavy atom. The normalized spacial score (nSPS) is 26.4. The lowest BCUT2D eigenvalue weighted by atomic mass is 9.87. The van der Waals surface area contributed by atoms with Crippen LogP contribution in [-0.4, -0.2) is 45.4 Å². The molecule has 1 spiro atoms. The second-order valence-electron chi connectivity index (χ2n) is 5.95. The number of nitrogens with one attached hydrogen (secondary N) is 1. The molecule has 6 heteroatoms. The molecular weight excluding hydrogens is 274 g/mol. The van der Waals surface area contributed by atoms with Crippen molar-refractivity contribution in [2.75, 3.05) is 26.2 Å². The van der Waals surface area contributed by atoms with Crippen LogP contribution in [0, 0.1) is 5.41 Å². The van der Waals surface area contributed by atoms with Crippen LogP contribution in [0.2, 0.25) is 0 Å². The number of rotatable bonds is 2. The Morgan fingerprint density at radius 1 is 1.35 bits per heavy atom. The van der Waals surface area contributed by atoms with Gasteiger partial charge in [0, 0.05) is 38.2 Å². The lowest BCUT2D eigenvalue weighted by Gasteiger charge is -2.22. The van der Waals surface area contributed by atoms with E-state index in [0.29, 0.717) is 5.41 Å². The molecule has 2 saturated heterocycles. The summed E-state index contributed by atoms with van der Waals surface area (Å²) in [4.78, 5) is 11.4. The second-order valence-corrected chi connectivity index (χ2v) is 5.95. The zero-order valence-corrected chi connectivity index (χ0v) is 12.3. The van der Waals surface area contributed by atoms with Crippen molar-refractivity contribution in [1.29, 1.82) is 0 Å². The maximum Gasteiger partial charge on any atom is 0.233 e. The maximum absolute atomic E-state index is 4.59. The highest BCUT2D eigenvalue weighted by Crippen LogP contribution is 2.36. The van der Waals surface area contributed by atoms with E-state index in [-0.39, 0.29) is 12.4 Å². The SMILES string of the molecule is Cl.c1cnc2nc(CN3CCC4(CCNC4)C3)cn2c1. The molecule has 0 radical (unpaired) electrons. The summed E-state index contributed by atoms with van der Waals surface area (Å²) in [5.41, 5.74) is 1.67. The highest BCUT2D eigenvalue weighted by atomic mass is 35.5. The lowest BCUT2D eigenvalue weighted by molar-refractivity contribution is 0.267. The zero-order chi connectivity index (χ0) is 12.7. The van der Waals surface area contributed by atoms with Crippen LogP contribution in [0.1, 0.15) is 18.5 Å². The Hall–Kier alpha value is -1.17. The summed E-state index contributed by atoms with van der Waals surface area (Å²) >= 11 is 0. The number of hydrogen-bond acceptors (Lipinski definition) is 4. The molecule has 2 aliphatic heterocycles.